The van der Waals surface area contributed by atoms with E-state index in [1.54, 1.807) is 6.07 Å². The van der Waals surface area contributed by atoms with E-state index in [1.165, 1.54) is 6.42 Å². The molecule has 0 aliphatic heterocycles. The maximum Gasteiger partial charge on any atom is 0.224 e. The minimum Gasteiger partial charge on any atom is -0.397 e. The molecule has 0 saturated carbocycles. The van der Waals surface area contributed by atoms with Gasteiger partial charge in [-0.1, -0.05) is 26.0 Å². The fourth-order valence-corrected chi connectivity index (χ4v) is 1.92. The van der Waals surface area contributed by atoms with E-state index in [0.29, 0.717) is 17.8 Å². The first kappa shape index (κ1) is 16.5. The molecule has 1 amide bonds. The topological polar surface area (TPSA) is 58.4 Å². The first-order valence-corrected chi connectivity index (χ1v) is 7.32. The number of nitrogens with two attached hydrogens (primary N) is 1. The van der Waals surface area contributed by atoms with Crippen LogP contribution in [0.1, 0.15) is 33.1 Å². The molecule has 0 saturated heterocycles. The number of benzene rings is 1. The van der Waals surface area contributed by atoms with E-state index in [0.717, 1.165) is 25.4 Å². The Balaban J connectivity index is 2.22. The van der Waals surface area contributed by atoms with E-state index in [1.807, 2.05) is 18.2 Å². The van der Waals surface area contributed by atoms with Gasteiger partial charge in [-0.15, -0.1) is 0 Å². The third-order valence-corrected chi connectivity index (χ3v) is 3.27. The highest BCUT2D eigenvalue weighted by atomic mass is 16.1. The van der Waals surface area contributed by atoms with Gasteiger partial charge in [0.15, 0.2) is 0 Å². The second kappa shape index (κ2) is 8.59. The minimum absolute atomic E-state index is 0.0279. The molecule has 3 N–H and O–H groups in total. The van der Waals surface area contributed by atoms with Crippen molar-refractivity contribution in [2.45, 2.75) is 33.1 Å². The molecule has 0 aliphatic rings. The smallest absolute Gasteiger partial charge is 0.224 e. The number of nitrogens with one attached hydrogen (secondary N) is 1. The molecule has 0 aromatic heterocycles. The Morgan fingerprint density at radius 2 is 2.00 bits per heavy atom. The van der Waals surface area contributed by atoms with Gasteiger partial charge in [0.05, 0.1) is 11.4 Å². The van der Waals surface area contributed by atoms with Crippen molar-refractivity contribution in [3.63, 3.8) is 0 Å². The van der Waals surface area contributed by atoms with E-state index in [9.17, 15) is 4.79 Å². The van der Waals surface area contributed by atoms with Crippen molar-refractivity contribution in [3.8, 4) is 0 Å². The average Bonchev–Trinajstić information content (AvgIpc) is 2.39. The molecule has 0 fully saturated rings. The molecule has 1 aromatic carbocycles. The predicted octanol–water partition coefficient (Wildman–Crippen LogP) is 2.97. The summed E-state index contributed by atoms with van der Waals surface area (Å²) in [6.07, 6.45) is 2.59. The van der Waals surface area contributed by atoms with Crippen LogP contribution in [0.5, 0.6) is 0 Å². The molecule has 0 bridgehead atoms. The highest BCUT2D eigenvalue weighted by Gasteiger charge is 2.06. The molecule has 1 aromatic rings. The normalized spacial score (nSPS) is 11.1. The summed E-state index contributed by atoms with van der Waals surface area (Å²) in [4.78, 5) is 14.1. The summed E-state index contributed by atoms with van der Waals surface area (Å²) in [5.74, 6) is 0.752. The molecule has 4 heteroatoms. The summed E-state index contributed by atoms with van der Waals surface area (Å²) in [6.45, 7) is 6.49. The number of nitrogens with zero attached hydrogens (tertiary/aromatic N) is 1. The van der Waals surface area contributed by atoms with Crippen LogP contribution in [0.15, 0.2) is 24.3 Å². The summed E-state index contributed by atoms with van der Waals surface area (Å²) in [5.41, 5.74) is 7.10. The summed E-state index contributed by atoms with van der Waals surface area (Å²) >= 11 is 0. The van der Waals surface area contributed by atoms with Crippen LogP contribution in [0.3, 0.4) is 0 Å². The summed E-state index contributed by atoms with van der Waals surface area (Å²) in [7, 11) is 2.11. The molecule has 1 rings (SSSR count). The summed E-state index contributed by atoms with van der Waals surface area (Å²) in [6, 6.07) is 7.33. The number of carbonyl (C=O) groups is 1. The van der Waals surface area contributed by atoms with Gasteiger partial charge < -0.3 is 16.0 Å². The number of anilines is 2. The standard InChI is InChI=1S/C16H27N3O/c1-13(2)10-12-19(3)11-6-9-16(20)18-15-8-5-4-7-14(15)17/h4-5,7-8,13H,6,9-12,17H2,1-3H3,(H,18,20). The third kappa shape index (κ3) is 6.57. The Morgan fingerprint density at radius 1 is 1.30 bits per heavy atom. The molecule has 0 radical (unpaired) electrons. The lowest BCUT2D eigenvalue weighted by Crippen LogP contribution is -2.23. The molecular weight excluding hydrogens is 250 g/mol. The van der Waals surface area contributed by atoms with Crippen LogP contribution in [-0.4, -0.2) is 30.9 Å². The van der Waals surface area contributed by atoms with Crippen molar-refractivity contribution in [2.75, 3.05) is 31.2 Å². The van der Waals surface area contributed by atoms with Gasteiger partial charge in [0.1, 0.15) is 0 Å². The zero-order valence-electron chi connectivity index (χ0n) is 12.9. The first-order chi connectivity index (χ1) is 9.49. The molecular formula is C16H27N3O. The van der Waals surface area contributed by atoms with Crippen molar-refractivity contribution < 1.29 is 4.79 Å². The molecule has 0 aliphatic carbocycles. The van der Waals surface area contributed by atoms with Gasteiger partial charge in [-0.3, -0.25) is 4.79 Å². The summed E-state index contributed by atoms with van der Waals surface area (Å²) in [5, 5.41) is 2.85. The average molecular weight is 277 g/mol. The van der Waals surface area contributed by atoms with Gasteiger partial charge in [-0.25, -0.2) is 0 Å². The van der Waals surface area contributed by atoms with E-state index < -0.39 is 0 Å². The minimum atomic E-state index is 0.0279. The number of para-hydroxylation sites is 2. The fourth-order valence-electron chi connectivity index (χ4n) is 1.92. The van der Waals surface area contributed by atoms with Crippen LogP contribution in [0.2, 0.25) is 0 Å². The Hall–Kier alpha value is -1.55. The predicted molar refractivity (Wildman–Crippen MR) is 85.7 cm³/mol. The van der Waals surface area contributed by atoms with E-state index in [-0.39, 0.29) is 5.91 Å². The van der Waals surface area contributed by atoms with Crippen molar-refractivity contribution in [3.05, 3.63) is 24.3 Å². The highest BCUT2D eigenvalue weighted by Crippen LogP contribution is 2.16. The molecule has 0 atom stereocenters. The van der Waals surface area contributed by atoms with Crippen LogP contribution < -0.4 is 11.1 Å². The van der Waals surface area contributed by atoms with Gasteiger partial charge in [-0.05, 0) is 51.0 Å². The number of hydrogen-bond acceptors (Lipinski definition) is 3. The Bertz CT molecular complexity index is 418. The van der Waals surface area contributed by atoms with Crippen molar-refractivity contribution in [2.24, 2.45) is 5.92 Å². The maximum absolute atomic E-state index is 11.8. The second-order valence-corrected chi connectivity index (χ2v) is 5.72. The zero-order valence-corrected chi connectivity index (χ0v) is 12.9. The Labute approximate surface area is 122 Å². The van der Waals surface area contributed by atoms with Crippen LogP contribution >= 0.6 is 0 Å². The van der Waals surface area contributed by atoms with Crippen molar-refractivity contribution in [1.29, 1.82) is 0 Å². The van der Waals surface area contributed by atoms with Gasteiger partial charge in [0.25, 0.3) is 0 Å². The first-order valence-electron chi connectivity index (χ1n) is 7.32. The number of hydrogen-bond donors (Lipinski definition) is 2. The maximum atomic E-state index is 11.8. The highest BCUT2D eigenvalue weighted by molar-refractivity contribution is 5.93. The van der Waals surface area contributed by atoms with Crippen LogP contribution in [-0.2, 0) is 4.79 Å². The van der Waals surface area contributed by atoms with Crippen molar-refractivity contribution >= 4 is 17.3 Å². The number of amides is 1. The van der Waals surface area contributed by atoms with E-state index in [2.05, 4.69) is 31.1 Å². The Morgan fingerprint density at radius 3 is 2.65 bits per heavy atom. The fraction of sp³-hybridized carbons (Fsp3) is 0.562. The summed E-state index contributed by atoms with van der Waals surface area (Å²) < 4.78 is 0. The molecule has 0 unspecified atom stereocenters. The van der Waals surface area contributed by atoms with Crippen LogP contribution in [0.25, 0.3) is 0 Å². The van der Waals surface area contributed by atoms with Crippen molar-refractivity contribution in [1.82, 2.24) is 4.90 Å². The monoisotopic (exact) mass is 277 g/mol. The lowest BCUT2D eigenvalue weighted by atomic mass is 10.1. The van der Waals surface area contributed by atoms with Gasteiger partial charge in [-0.2, -0.15) is 0 Å². The number of carbonyl (C=O) groups excluding carboxylic acids is 1. The Kier molecular flexibility index (Phi) is 7.09. The van der Waals surface area contributed by atoms with E-state index in [4.69, 9.17) is 5.73 Å². The van der Waals surface area contributed by atoms with Crippen LogP contribution in [0, 0.1) is 5.92 Å². The lowest BCUT2D eigenvalue weighted by molar-refractivity contribution is -0.116. The molecule has 20 heavy (non-hydrogen) atoms. The number of nitrogen functional groups attached to an aromatic ring is 1. The van der Waals surface area contributed by atoms with E-state index >= 15 is 0 Å². The lowest BCUT2D eigenvalue weighted by Gasteiger charge is -2.17. The molecule has 112 valence electrons. The number of rotatable bonds is 8. The largest absolute Gasteiger partial charge is 0.397 e. The van der Waals surface area contributed by atoms with Gasteiger partial charge >= 0.3 is 0 Å². The second-order valence-electron chi connectivity index (χ2n) is 5.72. The van der Waals surface area contributed by atoms with Gasteiger partial charge in [0.2, 0.25) is 5.91 Å². The third-order valence-electron chi connectivity index (χ3n) is 3.27. The van der Waals surface area contributed by atoms with Crippen LogP contribution in [0.4, 0.5) is 11.4 Å². The van der Waals surface area contributed by atoms with Gasteiger partial charge in [0, 0.05) is 6.42 Å². The molecule has 0 heterocycles. The zero-order chi connectivity index (χ0) is 15.0. The SMILES string of the molecule is CC(C)CCN(C)CCCC(=O)Nc1ccccc1N. The molecule has 4 nitrogen and oxygen atoms in total. The molecule has 0 spiro atoms. The quantitative estimate of drug-likeness (QED) is 0.718.